The number of aromatic nitrogens is 2. The maximum Gasteiger partial charge on any atom is 0.274 e. The normalized spacial score (nSPS) is 20.4. The summed E-state index contributed by atoms with van der Waals surface area (Å²) in [4.78, 5) is 26.6. The Balaban J connectivity index is 1.38. The number of aliphatic hydroxyl groups is 1. The summed E-state index contributed by atoms with van der Waals surface area (Å²) in [6.45, 7) is 1.61. The highest BCUT2D eigenvalue weighted by Gasteiger charge is 2.28. The van der Waals surface area contributed by atoms with E-state index in [1.165, 1.54) is 22.9 Å². The molecule has 0 spiro atoms. The molecule has 4 rings (SSSR count). The molecule has 0 bridgehead atoms. The molecule has 2 aliphatic rings. The summed E-state index contributed by atoms with van der Waals surface area (Å²) < 4.78 is 14.4. The third kappa shape index (κ3) is 3.91. The van der Waals surface area contributed by atoms with Gasteiger partial charge in [-0.2, -0.15) is 5.10 Å². The second-order valence-corrected chi connectivity index (χ2v) is 7.53. The summed E-state index contributed by atoms with van der Waals surface area (Å²) in [5.74, 6) is -0.304. The molecule has 1 fully saturated rings. The molecule has 0 saturated carbocycles. The van der Waals surface area contributed by atoms with E-state index in [0.717, 1.165) is 24.8 Å². The van der Waals surface area contributed by atoms with Crippen LogP contribution in [0.25, 0.3) is 0 Å². The van der Waals surface area contributed by atoms with Crippen molar-refractivity contribution in [3.05, 3.63) is 53.1 Å². The zero-order chi connectivity index (χ0) is 19.7. The van der Waals surface area contributed by atoms with Crippen molar-refractivity contribution in [2.45, 2.75) is 31.9 Å². The van der Waals surface area contributed by atoms with Gasteiger partial charge in [0.15, 0.2) is 5.69 Å². The van der Waals surface area contributed by atoms with Gasteiger partial charge in [0.05, 0.1) is 12.6 Å². The highest BCUT2D eigenvalue weighted by atomic mass is 19.1. The van der Waals surface area contributed by atoms with Crippen molar-refractivity contribution in [3.8, 4) is 0 Å². The van der Waals surface area contributed by atoms with Crippen molar-refractivity contribution in [1.82, 2.24) is 20.0 Å². The Kier molecular flexibility index (Phi) is 5.13. The first-order valence-electron chi connectivity index (χ1n) is 9.57. The highest BCUT2D eigenvalue weighted by Crippen LogP contribution is 2.23. The minimum atomic E-state index is -0.727. The van der Waals surface area contributed by atoms with Gasteiger partial charge in [0.25, 0.3) is 11.8 Å². The Morgan fingerprint density at radius 2 is 1.96 bits per heavy atom. The molecule has 0 unspecified atom stereocenters. The van der Waals surface area contributed by atoms with E-state index in [9.17, 15) is 19.1 Å². The summed E-state index contributed by atoms with van der Waals surface area (Å²) in [5, 5.41) is 16.7. The molecule has 7 nitrogen and oxygen atoms in total. The van der Waals surface area contributed by atoms with Crippen LogP contribution in [-0.4, -0.2) is 57.3 Å². The van der Waals surface area contributed by atoms with Crippen LogP contribution in [0.1, 0.15) is 39.4 Å². The maximum absolute atomic E-state index is 13.0. The Hall–Kier alpha value is -2.74. The van der Waals surface area contributed by atoms with Crippen molar-refractivity contribution in [3.63, 3.8) is 0 Å². The van der Waals surface area contributed by atoms with Gasteiger partial charge in [0.2, 0.25) is 0 Å². The molecule has 28 heavy (non-hydrogen) atoms. The quantitative estimate of drug-likeness (QED) is 0.830. The van der Waals surface area contributed by atoms with Crippen molar-refractivity contribution in [1.29, 1.82) is 0 Å². The number of fused-ring (bicyclic) bond motifs is 1. The fraction of sp³-hybridized carbons (Fsp3) is 0.450. The summed E-state index contributed by atoms with van der Waals surface area (Å²) in [7, 11) is 0. The molecule has 0 radical (unpaired) electrons. The van der Waals surface area contributed by atoms with Crippen LogP contribution in [0, 0.1) is 11.7 Å². The predicted octanol–water partition coefficient (Wildman–Crippen LogP) is 1.22. The fourth-order valence-electron chi connectivity index (χ4n) is 3.86. The van der Waals surface area contributed by atoms with E-state index in [2.05, 4.69) is 10.4 Å². The summed E-state index contributed by atoms with van der Waals surface area (Å²) >= 11 is 0. The maximum atomic E-state index is 13.0. The zero-order valence-corrected chi connectivity index (χ0v) is 15.5. The van der Waals surface area contributed by atoms with Crippen LogP contribution in [0.2, 0.25) is 0 Å². The molecule has 1 saturated heterocycles. The van der Waals surface area contributed by atoms with Gasteiger partial charge < -0.3 is 15.3 Å². The van der Waals surface area contributed by atoms with E-state index in [-0.39, 0.29) is 36.4 Å². The number of carbonyl (C=O) groups excluding carboxylic acids is 2. The van der Waals surface area contributed by atoms with Gasteiger partial charge in [-0.05, 0) is 42.9 Å². The molecule has 0 aliphatic carbocycles. The van der Waals surface area contributed by atoms with Crippen molar-refractivity contribution in [2.75, 3.05) is 19.6 Å². The lowest BCUT2D eigenvalue weighted by atomic mass is 9.90. The minimum Gasteiger partial charge on any atom is -0.389 e. The van der Waals surface area contributed by atoms with Gasteiger partial charge in [-0.1, -0.05) is 12.1 Å². The molecule has 1 aromatic heterocycles. The number of amides is 2. The monoisotopic (exact) mass is 386 g/mol. The first kappa shape index (κ1) is 18.6. The van der Waals surface area contributed by atoms with E-state index >= 15 is 0 Å². The SMILES string of the molecule is O=C1NC[C@@H](O)Cn2nc(C(=O)N3CCC(Cc4ccc(F)cc4)CC3)cc21. The molecule has 8 heteroatoms. The zero-order valence-electron chi connectivity index (χ0n) is 15.5. The molecule has 148 valence electrons. The van der Waals surface area contributed by atoms with E-state index < -0.39 is 6.10 Å². The number of halogens is 1. The standard InChI is InChI=1S/C20H23FN4O3/c21-15-3-1-13(2-4-15)9-14-5-7-24(8-6-14)20(28)17-10-18-19(27)22-11-16(26)12-25(18)23-17/h1-4,10,14,16,26H,5-9,11-12H2,(H,22,27)/t16-/m1/s1. The second kappa shape index (κ2) is 7.71. The number of nitrogens with zero attached hydrogens (tertiary/aromatic N) is 3. The molecule has 2 aliphatic heterocycles. The second-order valence-electron chi connectivity index (χ2n) is 7.53. The van der Waals surface area contributed by atoms with Crippen molar-refractivity contribution in [2.24, 2.45) is 5.92 Å². The Morgan fingerprint density at radius 1 is 1.25 bits per heavy atom. The molecule has 3 heterocycles. The van der Waals surface area contributed by atoms with Crippen LogP contribution in [0.3, 0.4) is 0 Å². The molecule has 2 aromatic rings. The lowest BCUT2D eigenvalue weighted by molar-refractivity contribution is 0.0682. The number of carbonyl (C=O) groups is 2. The van der Waals surface area contributed by atoms with Gasteiger partial charge in [-0.15, -0.1) is 0 Å². The molecular weight excluding hydrogens is 363 g/mol. The number of likely N-dealkylation sites (tertiary alicyclic amines) is 1. The number of piperidine rings is 1. The highest BCUT2D eigenvalue weighted by molar-refractivity contribution is 5.98. The number of benzene rings is 1. The number of hydrogen-bond donors (Lipinski definition) is 2. The fourth-order valence-corrected chi connectivity index (χ4v) is 3.86. The Morgan fingerprint density at radius 3 is 2.68 bits per heavy atom. The van der Waals surface area contributed by atoms with Gasteiger partial charge >= 0.3 is 0 Å². The minimum absolute atomic E-state index is 0.174. The van der Waals surface area contributed by atoms with Gasteiger partial charge in [0, 0.05) is 25.7 Å². The molecule has 2 amide bonds. The van der Waals surface area contributed by atoms with Crippen LogP contribution in [0.4, 0.5) is 4.39 Å². The first-order chi connectivity index (χ1) is 13.5. The Labute approximate surface area is 162 Å². The lowest BCUT2D eigenvalue weighted by Gasteiger charge is -2.31. The summed E-state index contributed by atoms with van der Waals surface area (Å²) in [5.41, 5.74) is 1.64. The third-order valence-electron chi connectivity index (χ3n) is 5.45. The van der Waals surface area contributed by atoms with Crippen LogP contribution in [0.15, 0.2) is 30.3 Å². The van der Waals surface area contributed by atoms with E-state index in [1.807, 2.05) is 12.1 Å². The Bertz CT molecular complexity index is 872. The van der Waals surface area contributed by atoms with Crippen LogP contribution in [0.5, 0.6) is 0 Å². The predicted molar refractivity (Wildman–Crippen MR) is 99.3 cm³/mol. The molecular formula is C20H23FN4O3. The summed E-state index contributed by atoms with van der Waals surface area (Å²) in [6, 6.07) is 8.07. The number of β-amino-alcohol motifs (C(OH)–C–C–N with tert-alkyl or cyclic N) is 1. The number of aliphatic hydroxyl groups excluding tert-OH is 1. The number of nitrogens with one attached hydrogen (secondary N) is 1. The average molecular weight is 386 g/mol. The first-order valence-corrected chi connectivity index (χ1v) is 9.57. The van der Waals surface area contributed by atoms with Crippen LogP contribution < -0.4 is 5.32 Å². The molecule has 1 atom stereocenters. The van der Waals surface area contributed by atoms with E-state index in [1.54, 1.807) is 4.90 Å². The molecule has 1 aromatic carbocycles. The summed E-state index contributed by atoms with van der Waals surface area (Å²) in [6.07, 6.45) is 1.89. The van der Waals surface area contributed by atoms with Crippen molar-refractivity contribution >= 4 is 11.8 Å². The third-order valence-corrected chi connectivity index (χ3v) is 5.45. The van der Waals surface area contributed by atoms with Crippen molar-refractivity contribution < 1.29 is 19.1 Å². The van der Waals surface area contributed by atoms with Gasteiger partial charge in [-0.25, -0.2) is 4.39 Å². The van der Waals surface area contributed by atoms with Crippen LogP contribution in [-0.2, 0) is 13.0 Å². The van der Waals surface area contributed by atoms with E-state index in [4.69, 9.17) is 0 Å². The van der Waals surface area contributed by atoms with Crippen LogP contribution >= 0.6 is 0 Å². The molecule has 2 N–H and O–H groups in total. The smallest absolute Gasteiger partial charge is 0.274 e. The topological polar surface area (TPSA) is 87.5 Å². The average Bonchev–Trinajstić information content (AvgIpc) is 3.06. The lowest BCUT2D eigenvalue weighted by Crippen LogP contribution is -2.39. The number of hydrogen-bond acceptors (Lipinski definition) is 4. The van der Waals surface area contributed by atoms with E-state index in [0.29, 0.717) is 24.7 Å². The number of rotatable bonds is 3. The largest absolute Gasteiger partial charge is 0.389 e. The van der Waals surface area contributed by atoms with Gasteiger partial charge in [-0.3, -0.25) is 14.3 Å². The van der Waals surface area contributed by atoms with Gasteiger partial charge in [0.1, 0.15) is 11.5 Å².